The van der Waals surface area contributed by atoms with Crippen molar-refractivity contribution < 1.29 is 18.0 Å². The monoisotopic (exact) mass is 443 g/mol. The molecule has 1 aromatic rings. The molecule has 1 atom stereocenters. The van der Waals surface area contributed by atoms with Gasteiger partial charge in [0.15, 0.2) is 0 Å². The fourth-order valence-corrected chi connectivity index (χ4v) is 3.61. The number of alkyl halides is 3. The molecular weight excluding hydrogens is 414 g/mol. The average molecular weight is 444 g/mol. The Labute approximate surface area is 177 Å². The lowest BCUT2D eigenvalue weighted by molar-refractivity contribution is -0.137. The second-order valence-corrected chi connectivity index (χ2v) is 6.93. The molecule has 1 fully saturated rings. The third kappa shape index (κ3) is 6.51. The first-order valence-corrected chi connectivity index (χ1v) is 9.19. The van der Waals surface area contributed by atoms with Crippen LogP contribution >= 0.6 is 24.8 Å². The third-order valence-electron chi connectivity index (χ3n) is 5.28. The minimum atomic E-state index is -4.36. The van der Waals surface area contributed by atoms with Crippen molar-refractivity contribution >= 4 is 30.7 Å². The van der Waals surface area contributed by atoms with Crippen molar-refractivity contribution in [3.05, 3.63) is 35.4 Å². The van der Waals surface area contributed by atoms with E-state index in [0.717, 1.165) is 43.6 Å². The predicted molar refractivity (Wildman–Crippen MR) is 110 cm³/mol. The van der Waals surface area contributed by atoms with Crippen LogP contribution in [0.1, 0.15) is 56.7 Å². The van der Waals surface area contributed by atoms with Gasteiger partial charge in [-0.3, -0.25) is 9.69 Å². The van der Waals surface area contributed by atoms with Gasteiger partial charge in [0, 0.05) is 6.54 Å². The number of hydrogen-bond acceptors (Lipinski definition) is 3. The Bertz CT molecular complexity index is 601. The molecule has 4 nitrogen and oxygen atoms in total. The van der Waals surface area contributed by atoms with E-state index in [9.17, 15) is 18.0 Å². The van der Waals surface area contributed by atoms with E-state index in [4.69, 9.17) is 5.73 Å². The summed E-state index contributed by atoms with van der Waals surface area (Å²) in [4.78, 5) is 14.6. The lowest BCUT2D eigenvalue weighted by atomic mass is 9.97. The summed E-state index contributed by atoms with van der Waals surface area (Å²) in [5, 5.41) is 2.93. The van der Waals surface area contributed by atoms with Crippen LogP contribution in [0.15, 0.2) is 24.3 Å². The number of nitrogens with zero attached hydrogens (tertiary/aromatic N) is 1. The quantitative estimate of drug-likeness (QED) is 0.659. The third-order valence-corrected chi connectivity index (χ3v) is 5.28. The molecule has 0 bridgehead atoms. The van der Waals surface area contributed by atoms with E-state index in [1.54, 1.807) is 0 Å². The SMILES string of the molecule is CCN(CC)C(CNC(=O)C1(N)CCCC1)c1ccc(C(F)(F)F)cc1.Cl.Cl. The van der Waals surface area contributed by atoms with Crippen molar-refractivity contribution in [2.75, 3.05) is 19.6 Å². The molecule has 0 aliphatic heterocycles. The van der Waals surface area contributed by atoms with Crippen LogP contribution in [-0.2, 0) is 11.0 Å². The number of nitrogens with one attached hydrogen (secondary N) is 1. The van der Waals surface area contributed by atoms with Gasteiger partial charge in [-0.25, -0.2) is 0 Å². The lowest BCUT2D eigenvalue weighted by Gasteiger charge is -2.32. The van der Waals surface area contributed by atoms with E-state index < -0.39 is 17.3 Å². The Hall–Kier alpha value is -1.02. The molecule has 1 amide bonds. The van der Waals surface area contributed by atoms with Gasteiger partial charge >= 0.3 is 6.18 Å². The highest BCUT2D eigenvalue weighted by Gasteiger charge is 2.37. The maximum absolute atomic E-state index is 12.8. The van der Waals surface area contributed by atoms with Crippen LogP contribution in [-0.4, -0.2) is 36.0 Å². The molecular formula is C19H30Cl2F3N3O. The summed E-state index contributed by atoms with van der Waals surface area (Å²) in [5.74, 6) is -0.168. The van der Waals surface area contributed by atoms with Crippen LogP contribution in [0.5, 0.6) is 0 Å². The topological polar surface area (TPSA) is 58.4 Å². The number of benzene rings is 1. The Kier molecular flexibility index (Phi) is 10.8. The van der Waals surface area contributed by atoms with E-state index in [0.29, 0.717) is 19.4 Å². The first kappa shape index (κ1) is 27.0. The Morgan fingerprint density at radius 2 is 1.64 bits per heavy atom. The van der Waals surface area contributed by atoms with E-state index in [1.807, 2.05) is 13.8 Å². The lowest BCUT2D eigenvalue weighted by Crippen LogP contribution is -2.53. The van der Waals surface area contributed by atoms with Crippen molar-refractivity contribution in [2.45, 2.75) is 57.3 Å². The number of carbonyl (C=O) groups excluding carboxylic acids is 1. The van der Waals surface area contributed by atoms with Crippen LogP contribution in [0.2, 0.25) is 0 Å². The molecule has 1 unspecified atom stereocenters. The molecule has 1 saturated carbocycles. The summed E-state index contributed by atoms with van der Waals surface area (Å²) in [6.07, 6.45) is -1.11. The highest BCUT2D eigenvalue weighted by molar-refractivity contribution is 5.86. The molecule has 0 spiro atoms. The standard InChI is InChI=1S/C19H28F3N3O.2ClH/c1-3-25(4-2)16(13-24-17(26)18(23)11-5-6-12-18)14-7-9-15(10-8-14)19(20,21)22;;/h7-10,16H,3-6,11-13,23H2,1-2H3,(H,24,26);2*1H. The molecule has 3 N–H and O–H groups in total. The summed E-state index contributed by atoms with van der Waals surface area (Å²) in [6.45, 7) is 5.76. The Morgan fingerprint density at radius 1 is 1.14 bits per heavy atom. The minimum absolute atomic E-state index is 0. The van der Waals surface area contributed by atoms with E-state index in [1.165, 1.54) is 12.1 Å². The highest BCUT2D eigenvalue weighted by Crippen LogP contribution is 2.31. The second kappa shape index (κ2) is 11.2. The number of halogens is 5. The van der Waals surface area contributed by atoms with Gasteiger partial charge < -0.3 is 11.1 Å². The number of hydrogen-bond donors (Lipinski definition) is 2. The predicted octanol–water partition coefficient (Wildman–Crippen LogP) is 4.32. The highest BCUT2D eigenvalue weighted by atomic mass is 35.5. The summed E-state index contributed by atoms with van der Waals surface area (Å²) >= 11 is 0. The van der Waals surface area contributed by atoms with Gasteiger partial charge in [-0.05, 0) is 43.6 Å². The summed E-state index contributed by atoms with van der Waals surface area (Å²) in [5.41, 5.74) is 5.45. The van der Waals surface area contributed by atoms with E-state index >= 15 is 0 Å². The molecule has 0 saturated heterocycles. The van der Waals surface area contributed by atoms with Gasteiger partial charge in [0.2, 0.25) is 5.91 Å². The van der Waals surface area contributed by atoms with Crippen molar-refractivity contribution in [1.82, 2.24) is 10.2 Å². The zero-order valence-corrected chi connectivity index (χ0v) is 17.9. The van der Waals surface area contributed by atoms with E-state index in [-0.39, 0.29) is 36.8 Å². The number of nitrogens with two attached hydrogens (primary N) is 1. The first-order chi connectivity index (χ1) is 12.2. The van der Waals surface area contributed by atoms with Gasteiger partial charge in [0.1, 0.15) is 0 Å². The molecule has 1 aromatic carbocycles. The minimum Gasteiger partial charge on any atom is -0.353 e. The van der Waals surface area contributed by atoms with Gasteiger partial charge in [0.25, 0.3) is 0 Å². The number of likely N-dealkylation sites (N-methyl/N-ethyl adjacent to an activating group) is 1. The van der Waals surface area contributed by atoms with Gasteiger partial charge in [-0.15, -0.1) is 24.8 Å². The normalized spacial score (nSPS) is 16.8. The molecule has 1 aliphatic rings. The van der Waals surface area contributed by atoms with Gasteiger partial charge in [0.05, 0.1) is 17.1 Å². The summed E-state index contributed by atoms with van der Waals surface area (Å²) in [6, 6.07) is 4.97. The molecule has 0 heterocycles. The van der Waals surface area contributed by atoms with Crippen molar-refractivity contribution in [3.8, 4) is 0 Å². The van der Waals surface area contributed by atoms with Crippen LogP contribution in [0.25, 0.3) is 0 Å². The number of carbonyl (C=O) groups is 1. The maximum Gasteiger partial charge on any atom is 0.416 e. The first-order valence-electron chi connectivity index (χ1n) is 9.19. The fraction of sp³-hybridized carbons (Fsp3) is 0.632. The molecule has 9 heteroatoms. The molecule has 28 heavy (non-hydrogen) atoms. The van der Waals surface area contributed by atoms with Crippen LogP contribution in [0, 0.1) is 0 Å². The van der Waals surface area contributed by atoms with Crippen molar-refractivity contribution in [2.24, 2.45) is 5.73 Å². The summed E-state index contributed by atoms with van der Waals surface area (Å²) < 4.78 is 38.4. The van der Waals surface area contributed by atoms with Crippen molar-refractivity contribution in [3.63, 3.8) is 0 Å². The van der Waals surface area contributed by atoms with Crippen LogP contribution in [0.4, 0.5) is 13.2 Å². The molecule has 1 aliphatic carbocycles. The molecule has 162 valence electrons. The average Bonchev–Trinajstić information content (AvgIpc) is 3.05. The molecule has 0 radical (unpaired) electrons. The number of amides is 1. The fourth-order valence-electron chi connectivity index (χ4n) is 3.61. The Morgan fingerprint density at radius 3 is 2.07 bits per heavy atom. The van der Waals surface area contributed by atoms with Gasteiger partial charge in [-0.1, -0.05) is 38.8 Å². The molecule has 0 aromatic heterocycles. The Balaban J connectivity index is 0.00000364. The number of rotatable bonds is 7. The largest absolute Gasteiger partial charge is 0.416 e. The second-order valence-electron chi connectivity index (χ2n) is 6.93. The molecule has 2 rings (SSSR count). The maximum atomic E-state index is 12.8. The van der Waals surface area contributed by atoms with Crippen molar-refractivity contribution in [1.29, 1.82) is 0 Å². The smallest absolute Gasteiger partial charge is 0.353 e. The zero-order valence-electron chi connectivity index (χ0n) is 16.2. The van der Waals surface area contributed by atoms with Gasteiger partial charge in [-0.2, -0.15) is 13.2 Å². The van der Waals surface area contributed by atoms with Crippen LogP contribution < -0.4 is 11.1 Å². The van der Waals surface area contributed by atoms with E-state index in [2.05, 4.69) is 10.2 Å². The zero-order chi connectivity index (χ0) is 19.4. The van der Waals surface area contributed by atoms with Crippen LogP contribution in [0.3, 0.4) is 0 Å². The summed E-state index contributed by atoms with van der Waals surface area (Å²) in [7, 11) is 0.